The molecule has 7 nitrogen and oxygen atoms in total. The fraction of sp³-hybridized carbons (Fsp3) is 0.357. The molecule has 0 bridgehead atoms. The van der Waals surface area contributed by atoms with Gasteiger partial charge in [-0.2, -0.15) is 0 Å². The van der Waals surface area contributed by atoms with Crippen LogP contribution in [0.4, 0.5) is 5.69 Å². The van der Waals surface area contributed by atoms with Crippen molar-refractivity contribution in [3.05, 3.63) is 29.3 Å². The van der Waals surface area contributed by atoms with Crippen LogP contribution in [0.1, 0.15) is 28.8 Å². The van der Waals surface area contributed by atoms with E-state index in [4.69, 9.17) is 10.8 Å². The SMILES string of the molecule is NC(=O)C[C@H](NC(=O)c1cccc2c1CCCN2)C(=O)O. The number of hydrogen-bond acceptors (Lipinski definition) is 4. The van der Waals surface area contributed by atoms with Gasteiger partial charge in [-0.05, 0) is 30.5 Å². The first-order chi connectivity index (χ1) is 9.99. The summed E-state index contributed by atoms with van der Waals surface area (Å²) in [7, 11) is 0. The van der Waals surface area contributed by atoms with E-state index in [1.165, 1.54) is 0 Å². The molecule has 0 unspecified atom stereocenters. The molecule has 0 saturated carbocycles. The zero-order valence-electron chi connectivity index (χ0n) is 11.4. The van der Waals surface area contributed by atoms with Crippen LogP contribution < -0.4 is 16.4 Å². The molecule has 1 aliphatic rings. The van der Waals surface area contributed by atoms with Gasteiger partial charge >= 0.3 is 5.97 Å². The highest BCUT2D eigenvalue weighted by molar-refractivity contribution is 6.00. The summed E-state index contributed by atoms with van der Waals surface area (Å²) in [6.07, 6.45) is 1.22. The zero-order chi connectivity index (χ0) is 15.4. The van der Waals surface area contributed by atoms with E-state index in [1.54, 1.807) is 12.1 Å². The number of carboxylic acids is 1. The number of primary amides is 1. The predicted octanol–water partition coefficient (Wildman–Crippen LogP) is 0.103. The number of rotatable bonds is 5. The van der Waals surface area contributed by atoms with E-state index in [1.807, 2.05) is 6.07 Å². The van der Waals surface area contributed by atoms with Crippen molar-refractivity contribution in [2.45, 2.75) is 25.3 Å². The van der Waals surface area contributed by atoms with Crippen molar-refractivity contribution in [1.82, 2.24) is 5.32 Å². The highest BCUT2D eigenvalue weighted by Crippen LogP contribution is 2.25. The normalized spacial score (nSPS) is 14.5. The lowest BCUT2D eigenvalue weighted by Crippen LogP contribution is -2.43. The van der Waals surface area contributed by atoms with Crippen LogP contribution in [0.25, 0.3) is 0 Å². The third kappa shape index (κ3) is 3.50. The molecule has 0 fully saturated rings. The molecule has 1 atom stereocenters. The molecule has 112 valence electrons. The van der Waals surface area contributed by atoms with E-state index in [9.17, 15) is 14.4 Å². The standard InChI is InChI=1S/C14H17N3O4/c15-12(18)7-11(14(20)21)17-13(19)9-3-1-5-10-8(9)4-2-6-16-10/h1,3,5,11,16H,2,4,6-7H2,(H2,15,18)(H,17,19)(H,20,21)/t11-/m0/s1. The number of fused-ring (bicyclic) bond motifs is 1. The second-order valence-corrected chi connectivity index (χ2v) is 4.90. The molecule has 2 rings (SSSR count). The maximum atomic E-state index is 12.3. The van der Waals surface area contributed by atoms with E-state index < -0.39 is 30.2 Å². The second-order valence-electron chi connectivity index (χ2n) is 4.90. The van der Waals surface area contributed by atoms with Crippen LogP contribution in [0.15, 0.2) is 18.2 Å². The minimum atomic E-state index is -1.32. The fourth-order valence-electron chi connectivity index (χ4n) is 2.36. The number of amides is 2. The number of nitrogens with two attached hydrogens (primary N) is 1. The summed E-state index contributed by atoms with van der Waals surface area (Å²) in [5.74, 6) is -2.58. The lowest BCUT2D eigenvalue weighted by atomic mass is 9.97. The molecule has 2 amide bonds. The summed E-state index contributed by atoms with van der Waals surface area (Å²) in [5.41, 5.74) is 7.17. The first kappa shape index (κ1) is 14.8. The summed E-state index contributed by atoms with van der Waals surface area (Å²) in [6, 6.07) is 3.94. The van der Waals surface area contributed by atoms with Crippen LogP contribution in [0.5, 0.6) is 0 Å². The van der Waals surface area contributed by atoms with Gasteiger partial charge in [0.15, 0.2) is 0 Å². The van der Waals surface area contributed by atoms with Gasteiger partial charge in [0, 0.05) is 17.8 Å². The van der Waals surface area contributed by atoms with Crippen LogP contribution in [0.2, 0.25) is 0 Å². The Morgan fingerprint density at radius 2 is 2.14 bits per heavy atom. The third-order valence-electron chi connectivity index (χ3n) is 3.35. The quantitative estimate of drug-likeness (QED) is 0.613. The van der Waals surface area contributed by atoms with Crippen molar-refractivity contribution >= 4 is 23.5 Å². The molecule has 1 heterocycles. The zero-order valence-corrected chi connectivity index (χ0v) is 11.4. The Labute approximate surface area is 121 Å². The Bertz CT molecular complexity index is 586. The van der Waals surface area contributed by atoms with Gasteiger partial charge in [-0.25, -0.2) is 4.79 Å². The van der Waals surface area contributed by atoms with E-state index in [2.05, 4.69) is 10.6 Å². The summed E-state index contributed by atoms with van der Waals surface area (Å²) in [6.45, 7) is 0.845. The van der Waals surface area contributed by atoms with Crippen molar-refractivity contribution in [2.24, 2.45) is 5.73 Å². The number of hydrogen-bond donors (Lipinski definition) is 4. The second kappa shape index (κ2) is 6.25. The van der Waals surface area contributed by atoms with Gasteiger partial charge in [0.25, 0.3) is 5.91 Å². The summed E-state index contributed by atoms with van der Waals surface area (Å²) < 4.78 is 0. The highest BCUT2D eigenvalue weighted by atomic mass is 16.4. The average Bonchev–Trinajstić information content (AvgIpc) is 2.45. The van der Waals surface area contributed by atoms with E-state index in [0.29, 0.717) is 5.56 Å². The lowest BCUT2D eigenvalue weighted by Gasteiger charge is -2.21. The lowest BCUT2D eigenvalue weighted by molar-refractivity contribution is -0.140. The number of nitrogens with one attached hydrogen (secondary N) is 2. The monoisotopic (exact) mass is 291 g/mol. The van der Waals surface area contributed by atoms with Crippen LogP contribution in [-0.4, -0.2) is 35.5 Å². The predicted molar refractivity (Wildman–Crippen MR) is 76.0 cm³/mol. The first-order valence-corrected chi connectivity index (χ1v) is 6.66. The van der Waals surface area contributed by atoms with Gasteiger partial charge in [0.05, 0.1) is 6.42 Å². The Hall–Kier alpha value is -2.57. The van der Waals surface area contributed by atoms with Crippen LogP contribution in [0.3, 0.4) is 0 Å². The minimum Gasteiger partial charge on any atom is -0.480 e. The van der Waals surface area contributed by atoms with Gasteiger partial charge in [-0.3, -0.25) is 9.59 Å². The van der Waals surface area contributed by atoms with Crippen LogP contribution in [-0.2, 0) is 16.0 Å². The van der Waals surface area contributed by atoms with Gasteiger partial charge < -0.3 is 21.5 Å². The molecule has 21 heavy (non-hydrogen) atoms. The van der Waals surface area contributed by atoms with Crippen molar-refractivity contribution in [3.63, 3.8) is 0 Å². The van der Waals surface area contributed by atoms with E-state index in [-0.39, 0.29) is 0 Å². The molecule has 1 aromatic carbocycles. The maximum absolute atomic E-state index is 12.3. The molecule has 0 aromatic heterocycles. The summed E-state index contributed by atoms with van der Waals surface area (Å²) in [5, 5.41) is 14.6. The number of aliphatic carboxylic acids is 1. The number of carboxylic acid groups (broad SMARTS) is 1. The van der Waals surface area contributed by atoms with E-state index in [0.717, 1.165) is 30.6 Å². The average molecular weight is 291 g/mol. The first-order valence-electron chi connectivity index (χ1n) is 6.66. The van der Waals surface area contributed by atoms with Gasteiger partial charge in [0.1, 0.15) is 6.04 Å². The molecular formula is C14H17N3O4. The molecule has 7 heteroatoms. The molecule has 1 aromatic rings. The van der Waals surface area contributed by atoms with Crippen molar-refractivity contribution < 1.29 is 19.5 Å². The number of benzene rings is 1. The topological polar surface area (TPSA) is 122 Å². The molecule has 0 saturated heterocycles. The van der Waals surface area contributed by atoms with Gasteiger partial charge in [-0.15, -0.1) is 0 Å². The summed E-state index contributed by atoms with van der Waals surface area (Å²) in [4.78, 5) is 34.2. The smallest absolute Gasteiger partial charge is 0.326 e. The van der Waals surface area contributed by atoms with Crippen LogP contribution in [0, 0.1) is 0 Å². The van der Waals surface area contributed by atoms with Gasteiger partial charge in [0.2, 0.25) is 5.91 Å². The third-order valence-corrected chi connectivity index (χ3v) is 3.35. The summed E-state index contributed by atoms with van der Waals surface area (Å²) >= 11 is 0. The molecule has 0 spiro atoms. The minimum absolute atomic E-state index is 0.426. The molecule has 5 N–H and O–H groups in total. The fourth-order valence-corrected chi connectivity index (χ4v) is 2.36. The number of anilines is 1. The Morgan fingerprint density at radius 1 is 1.38 bits per heavy atom. The molecule has 0 radical (unpaired) electrons. The number of carbonyl (C=O) groups excluding carboxylic acids is 2. The molecule has 0 aliphatic carbocycles. The van der Waals surface area contributed by atoms with Crippen LogP contribution >= 0.6 is 0 Å². The van der Waals surface area contributed by atoms with E-state index >= 15 is 0 Å². The maximum Gasteiger partial charge on any atom is 0.326 e. The Kier molecular flexibility index (Phi) is 4.42. The van der Waals surface area contributed by atoms with Gasteiger partial charge in [-0.1, -0.05) is 6.07 Å². The van der Waals surface area contributed by atoms with Crippen molar-refractivity contribution in [2.75, 3.05) is 11.9 Å². The number of carbonyl (C=O) groups is 3. The van der Waals surface area contributed by atoms with Crippen molar-refractivity contribution in [1.29, 1.82) is 0 Å². The molecule has 1 aliphatic heterocycles. The Balaban J connectivity index is 2.20. The highest BCUT2D eigenvalue weighted by Gasteiger charge is 2.25. The molecular weight excluding hydrogens is 274 g/mol. The van der Waals surface area contributed by atoms with Crippen molar-refractivity contribution in [3.8, 4) is 0 Å². The Morgan fingerprint density at radius 3 is 2.81 bits per heavy atom. The largest absolute Gasteiger partial charge is 0.480 e.